The average Bonchev–Trinajstić information content (AvgIpc) is 2.16. The lowest BCUT2D eigenvalue weighted by molar-refractivity contribution is -0.00530. The highest BCUT2D eigenvalue weighted by Gasteiger charge is 2.18. The van der Waals surface area contributed by atoms with E-state index in [2.05, 4.69) is 12.2 Å². The number of rotatable bonds is 4. The summed E-state index contributed by atoms with van der Waals surface area (Å²) in [6, 6.07) is 7.22. The fourth-order valence-corrected chi connectivity index (χ4v) is 1.61. The summed E-state index contributed by atoms with van der Waals surface area (Å²) < 4.78 is 17.8. The third-order valence-corrected chi connectivity index (χ3v) is 2.79. The van der Waals surface area contributed by atoms with Crippen molar-refractivity contribution in [1.29, 1.82) is 0 Å². The molecule has 1 saturated heterocycles. The number of hydrogen-bond donors (Lipinski definition) is 1. The molecule has 0 aliphatic carbocycles. The summed E-state index contributed by atoms with van der Waals surface area (Å²) in [5.41, 5.74) is 1.17. The molecule has 0 amide bonds. The van der Waals surface area contributed by atoms with Gasteiger partial charge in [-0.3, -0.25) is 0 Å². The number of halogens is 1. The van der Waals surface area contributed by atoms with Crippen molar-refractivity contribution in [2.45, 2.75) is 18.9 Å². The smallest absolute Gasteiger partial charge is 0.123 e. The number of nitrogens with one attached hydrogen (secondary N) is 1. The Balaban J connectivity index is 1.83. The van der Waals surface area contributed by atoms with E-state index in [0.29, 0.717) is 12.0 Å². The summed E-state index contributed by atoms with van der Waals surface area (Å²) in [5, 5.41) is 3.41. The monoisotopic (exact) mass is 209 g/mol. The van der Waals surface area contributed by atoms with E-state index in [1.807, 2.05) is 12.1 Å². The van der Waals surface area contributed by atoms with Crippen LogP contribution >= 0.6 is 0 Å². The zero-order valence-electron chi connectivity index (χ0n) is 8.87. The van der Waals surface area contributed by atoms with Crippen molar-refractivity contribution < 1.29 is 9.13 Å². The molecule has 15 heavy (non-hydrogen) atoms. The van der Waals surface area contributed by atoms with Crippen molar-refractivity contribution >= 4 is 0 Å². The Labute approximate surface area is 89.4 Å². The van der Waals surface area contributed by atoms with Crippen molar-refractivity contribution in [1.82, 2.24) is 5.32 Å². The van der Waals surface area contributed by atoms with Gasteiger partial charge in [-0.25, -0.2) is 4.39 Å². The molecule has 2 rings (SSSR count). The molecule has 3 heteroatoms. The minimum atomic E-state index is -0.175. The molecule has 1 aromatic carbocycles. The van der Waals surface area contributed by atoms with Gasteiger partial charge in [0.1, 0.15) is 5.82 Å². The van der Waals surface area contributed by atoms with Crippen LogP contribution in [0.2, 0.25) is 0 Å². The zero-order chi connectivity index (χ0) is 10.7. The molecule has 1 heterocycles. The third kappa shape index (κ3) is 2.76. The highest BCUT2D eigenvalue weighted by atomic mass is 19.1. The van der Waals surface area contributed by atoms with E-state index in [4.69, 9.17) is 4.74 Å². The molecular formula is C12H16FNO. The lowest BCUT2D eigenvalue weighted by Gasteiger charge is -2.28. The third-order valence-electron chi connectivity index (χ3n) is 2.79. The molecule has 0 spiro atoms. The van der Waals surface area contributed by atoms with Gasteiger partial charge in [0.05, 0.1) is 19.3 Å². The Hall–Kier alpha value is -0.930. The summed E-state index contributed by atoms with van der Waals surface area (Å²) in [7, 11) is 0. The van der Waals surface area contributed by atoms with Gasteiger partial charge >= 0.3 is 0 Å². The molecular weight excluding hydrogens is 193 g/mol. The van der Waals surface area contributed by atoms with E-state index in [1.54, 1.807) is 0 Å². The first-order valence-electron chi connectivity index (χ1n) is 5.32. The summed E-state index contributed by atoms with van der Waals surface area (Å²) in [5.74, 6) is 0.234. The normalized spacial score (nSPS) is 18.5. The van der Waals surface area contributed by atoms with Gasteiger partial charge in [0.15, 0.2) is 0 Å². The molecule has 0 radical (unpaired) electrons. The molecule has 0 bridgehead atoms. The van der Waals surface area contributed by atoms with E-state index >= 15 is 0 Å². The van der Waals surface area contributed by atoms with Gasteiger partial charge in [-0.15, -0.1) is 0 Å². The Morgan fingerprint density at radius 1 is 1.40 bits per heavy atom. The maximum atomic E-state index is 12.7. The van der Waals surface area contributed by atoms with Gasteiger partial charge in [-0.05, 0) is 23.6 Å². The minimum absolute atomic E-state index is 0.175. The van der Waals surface area contributed by atoms with Crippen LogP contribution in [0.3, 0.4) is 0 Å². The molecule has 1 aromatic rings. The van der Waals surface area contributed by atoms with Gasteiger partial charge in [-0.2, -0.15) is 0 Å². The second-order valence-electron chi connectivity index (χ2n) is 4.10. The lowest BCUT2D eigenvalue weighted by Crippen LogP contribution is -2.47. The van der Waals surface area contributed by atoms with E-state index in [-0.39, 0.29) is 5.82 Å². The molecule has 0 aromatic heterocycles. The second kappa shape index (κ2) is 4.73. The fourth-order valence-electron chi connectivity index (χ4n) is 1.61. The van der Waals surface area contributed by atoms with Crippen LogP contribution in [0.25, 0.3) is 0 Å². The predicted molar refractivity (Wildman–Crippen MR) is 57.4 cm³/mol. The van der Waals surface area contributed by atoms with Crippen LogP contribution in [0.4, 0.5) is 4.39 Å². The van der Waals surface area contributed by atoms with Crippen LogP contribution in [0.1, 0.15) is 18.4 Å². The summed E-state index contributed by atoms with van der Waals surface area (Å²) in [6.07, 6.45) is 0. The Kier molecular flexibility index (Phi) is 3.34. The number of hydrogen-bond acceptors (Lipinski definition) is 2. The predicted octanol–water partition coefficient (Wildman–Crippen LogP) is 1.92. The van der Waals surface area contributed by atoms with Crippen LogP contribution in [0.15, 0.2) is 24.3 Å². The van der Waals surface area contributed by atoms with E-state index < -0.39 is 0 Å². The number of ether oxygens (including phenoxy) is 1. The quantitative estimate of drug-likeness (QED) is 0.818. The lowest BCUT2D eigenvalue weighted by atomic mass is 10.0. The summed E-state index contributed by atoms with van der Waals surface area (Å²) >= 11 is 0. The van der Waals surface area contributed by atoms with Crippen LogP contribution in [0, 0.1) is 5.82 Å². The minimum Gasteiger partial charge on any atom is -0.378 e. The van der Waals surface area contributed by atoms with Gasteiger partial charge < -0.3 is 10.1 Å². The first kappa shape index (κ1) is 10.6. The molecule has 82 valence electrons. The zero-order valence-corrected chi connectivity index (χ0v) is 8.87. The highest BCUT2D eigenvalue weighted by Crippen LogP contribution is 2.15. The molecule has 1 aliphatic rings. The Morgan fingerprint density at radius 3 is 2.60 bits per heavy atom. The number of benzene rings is 1. The standard InChI is InChI=1S/C12H16FNO/c1-9(6-14-12-7-15-8-12)10-2-4-11(13)5-3-10/h2-5,9,12,14H,6-8H2,1H3. The van der Waals surface area contributed by atoms with Crippen LogP contribution in [0.5, 0.6) is 0 Å². The first-order chi connectivity index (χ1) is 7.25. The maximum absolute atomic E-state index is 12.7. The van der Waals surface area contributed by atoms with Crippen molar-refractivity contribution in [2.75, 3.05) is 19.8 Å². The SMILES string of the molecule is CC(CNC1COC1)c1ccc(F)cc1. The molecule has 1 unspecified atom stereocenters. The van der Waals surface area contributed by atoms with Crippen molar-refractivity contribution in [3.63, 3.8) is 0 Å². The van der Waals surface area contributed by atoms with Crippen molar-refractivity contribution in [2.24, 2.45) is 0 Å². The van der Waals surface area contributed by atoms with Gasteiger partial charge in [0.25, 0.3) is 0 Å². The van der Waals surface area contributed by atoms with Gasteiger partial charge in [0, 0.05) is 6.54 Å². The van der Waals surface area contributed by atoms with Crippen LogP contribution < -0.4 is 5.32 Å². The Bertz CT molecular complexity index is 308. The molecule has 1 N–H and O–H groups in total. The largest absolute Gasteiger partial charge is 0.378 e. The maximum Gasteiger partial charge on any atom is 0.123 e. The van der Waals surface area contributed by atoms with Crippen molar-refractivity contribution in [3.8, 4) is 0 Å². The van der Waals surface area contributed by atoms with Crippen LogP contribution in [-0.2, 0) is 4.74 Å². The molecule has 0 saturated carbocycles. The van der Waals surface area contributed by atoms with Crippen molar-refractivity contribution in [3.05, 3.63) is 35.6 Å². The van der Waals surface area contributed by atoms with Gasteiger partial charge in [-0.1, -0.05) is 19.1 Å². The van der Waals surface area contributed by atoms with E-state index in [9.17, 15) is 4.39 Å². The fraction of sp³-hybridized carbons (Fsp3) is 0.500. The molecule has 2 nitrogen and oxygen atoms in total. The summed E-state index contributed by atoms with van der Waals surface area (Å²) in [6.45, 7) is 4.69. The molecule has 1 atom stereocenters. The van der Waals surface area contributed by atoms with Crippen LogP contribution in [-0.4, -0.2) is 25.8 Å². The second-order valence-corrected chi connectivity index (χ2v) is 4.10. The average molecular weight is 209 g/mol. The summed E-state index contributed by atoms with van der Waals surface area (Å²) in [4.78, 5) is 0. The Morgan fingerprint density at radius 2 is 2.07 bits per heavy atom. The first-order valence-corrected chi connectivity index (χ1v) is 5.32. The highest BCUT2D eigenvalue weighted by molar-refractivity contribution is 5.20. The van der Waals surface area contributed by atoms with E-state index in [1.165, 1.54) is 17.7 Å². The topological polar surface area (TPSA) is 21.3 Å². The van der Waals surface area contributed by atoms with Gasteiger partial charge in [0.2, 0.25) is 0 Å². The van der Waals surface area contributed by atoms with E-state index in [0.717, 1.165) is 19.8 Å². The molecule has 1 aliphatic heterocycles. The molecule has 1 fully saturated rings.